The Balaban J connectivity index is 1.78. The molecule has 1 heterocycles. The number of anilines is 1. The number of benzene rings is 2. The van der Waals surface area contributed by atoms with E-state index in [1.807, 2.05) is 12.1 Å². The van der Waals surface area contributed by atoms with Gasteiger partial charge >= 0.3 is 0 Å². The second-order valence-corrected chi connectivity index (χ2v) is 6.41. The third kappa shape index (κ3) is 3.41. The van der Waals surface area contributed by atoms with Gasteiger partial charge in [0.15, 0.2) is 0 Å². The van der Waals surface area contributed by atoms with Crippen molar-refractivity contribution in [3.63, 3.8) is 0 Å². The molecular weight excluding hydrogens is 326 g/mol. The van der Waals surface area contributed by atoms with Gasteiger partial charge in [0.05, 0.1) is 20.1 Å². The third-order valence-corrected chi connectivity index (χ3v) is 4.57. The highest BCUT2D eigenvalue weighted by Crippen LogP contribution is 2.26. The summed E-state index contributed by atoms with van der Waals surface area (Å²) in [5.74, 6) is -0.303. The van der Waals surface area contributed by atoms with E-state index in [9.17, 15) is 14.9 Å². The first-order chi connectivity index (χ1) is 11.6. The summed E-state index contributed by atoms with van der Waals surface area (Å²) in [6.07, 6.45) is 1.99. The molecule has 0 atom stereocenters. The first kappa shape index (κ1) is 16.1. The number of hydrogen-bond donors (Lipinski definition) is 1. The minimum Gasteiger partial charge on any atom is -0.322 e. The van der Waals surface area contributed by atoms with Gasteiger partial charge in [0.25, 0.3) is 11.6 Å². The van der Waals surface area contributed by atoms with Crippen molar-refractivity contribution >= 4 is 38.8 Å². The summed E-state index contributed by atoms with van der Waals surface area (Å²) in [5, 5.41) is 14.5. The van der Waals surface area contributed by atoms with Crippen LogP contribution in [0.25, 0.3) is 10.2 Å². The fourth-order valence-electron chi connectivity index (χ4n) is 2.31. The molecule has 7 heteroatoms. The van der Waals surface area contributed by atoms with Crippen molar-refractivity contribution in [1.82, 2.24) is 4.98 Å². The van der Waals surface area contributed by atoms with Gasteiger partial charge in [-0.25, -0.2) is 4.98 Å². The number of carbonyl (C=O) groups is 1. The second kappa shape index (κ2) is 6.76. The number of nitro groups is 1. The van der Waals surface area contributed by atoms with Crippen LogP contribution < -0.4 is 5.32 Å². The molecule has 0 spiro atoms. The second-order valence-electron chi connectivity index (χ2n) is 5.30. The highest BCUT2D eigenvalue weighted by molar-refractivity contribution is 7.18. The zero-order valence-corrected chi connectivity index (χ0v) is 13.8. The van der Waals surface area contributed by atoms with E-state index in [-0.39, 0.29) is 11.6 Å². The van der Waals surface area contributed by atoms with E-state index in [2.05, 4.69) is 17.2 Å². The first-order valence-electron chi connectivity index (χ1n) is 7.52. The standard InChI is InChI=1S/C17H15N3O3S/c1-2-3-16-19-14-9-6-12(10-15(14)24-16)18-17(21)11-4-7-13(8-5-11)20(22)23/h4-10H,2-3H2,1H3,(H,18,21). The van der Waals surface area contributed by atoms with Crippen molar-refractivity contribution < 1.29 is 9.72 Å². The molecule has 0 unspecified atom stereocenters. The van der Waals surface area contributed by atoms with Gasteiger partial charge in [-0.05, 0) is 43.2 Å². The molecule has 0 aliphatic rings. The molecule has 0 radical (unpaired) electrons. The van der Waals surface area contributed by atoms with Crippen LogP contribution in [0.2, 0.25) is 0 Å². The zero-order chi connectivity index (χ0) is 17.1. The minimum absolute atomic E-state index is 0.0407. The average Bonchev–Trinajstić information content (AvgIpc) is 2.97. The summed E-state index contributed by atoms with van der Waals surface area (Å²) < 4.78 is 1.03. The van der Waals surface area contributed by atoms with E-state index in [1.54, 1.807) is 17.4 Å². The Hall–Kier alpha value is -2.80. The van der Waals surface area contributed by atoms with E-state index in [1.165, 1.54) is 24.3 Å². The summed E-state index contributed by atoms with van der Waals surface area (Å²) in [7, 11) is 0. The number of non-ortho nitro benzene ring substituents is 1. The number of nitrogens with zero attached hydrogens (tertiary/aromatic N) is 2. The topological polar surface area (TPSA) is 85.1 Å². The van der Waals surface area contributed by atoms with E-state index in [4.69, 9.17) is 0 Å². The lowest BCUT2D eigenvalue weighted by Crippen LogP contribution is -2.11. The molecule has 3 aromatic rings. The quantitative estimate of drug-likeness (QED) is 0.550. The fourth-order valence-corrected chi connectivity index (χ4v) is 3.42. The van der Waals surface area contributed by atoms with E-state index in [0.29, 0.717) is 11.3 Å². The summed E-state index contributed by atoms with van der Waals surface area (Å²) in [5.41, 5.74) is 1.94. The molecule has 3 rings (SSSR count). The van der Waals surface area contributed by atoms with Crippen LogP contribution in [0.3, 0.4) is 0 Å². The van der Waals surface area contributed by atoms with Crippen LogP contribution in [0.5, 0.6) is 0 Å². The molecule has 1 N–H and O–H groups in total. The summed E-state index contributed by atoms with van der Waals surface area (Å²) in [6.45, 7) is 2.11. The molecule has 0 fully saturated rings. The molecule has 24 heavy (non-hydrogen) atoms. The fraction of sp³-hybridized carbons (Fsp3) is 0.176. The van der Waals surface area contributed by atoms with Crippen molar-refractivity contribution in [3.8, 4) is 0 Å². The Labute approximate surface area is 142 Å². The molecule has 122 valence electrons. The lowest BCUT2D eigenvalue weighted by Gasteiger charge is -2.05. The SMILES string of the molecule is CCCc1nc2ccc(NC(=O)c3ccc([N+](=O)[O-])cc3)cc2s1. The first-order valence-corrected chi connectivity index (χ1v) is 8.33. The van der Waals surface area contributed by atoms with Gasteiger partial charge in [-0.2, -0.15) is 0 Å². The lowest BCUT2D eigenvalue weighted by molar-refractivity contribution is -0.384. The number of aromatic nitrogens is 1. The Kier molecular flexibility index (Phi) is 4.52. The highest BCUT2D eigenvalue weighted by atomic mass is 32.1. The molecule has 1 amide bonds. The number of fused-ring (bicyclic) bond motifs is 1. The lowest BCUT2D eigenvalue weighted by atomic mass is 10.2. The molecule has 0 aliphatic carbocycles. The molecular formula is C17H15N3O3S. The van der Waals surface area contributed by atoms with Crippen LogP contribution in [0.4, 0.5) is 11.4 Å². The largest absolute Gasteiger partial charge is 0.322 e. The van der Waals surface area contributed by atoms with Crippen LogP contribution >= 0.6 is 11.3 Å². The molecule has 0 aliphatic heterocycles. The smallest absolute Gasteiger partial charge is 0.269 e. The Morgan fingerprint density at radius 2 is 2.00 bits per heavy atom. The van der Waals surface area contributed by atoms with Crippen molar-refractivity contribution in [3.05, 3.63) is 63.1 Å². The zero-order valence-electron chi connectivity index (χ0n) is 13.0. The number of amides is 1. The van der Waals surface area contributed by atoms with Crippen molar-refractivity contribution in [1.29, 1.82) is 0 Å². The van der Waals surface area contributed by atoms with Crippen LogP contribution in [-0.2, 0) is 6.42 Å². The predicted molar refractivity (Wildman–Crippen MR) is 94.7 cm³/mol. The van der Waals surface area contributed by atoms with Crippen LogP contribution in [-0.4, -0.2) is 15.8 Å². The van der Waals surface area contributed by atoms with Gasteiger partial charge in [0.1, 0.15) is 0 Å². The van der Waals surface area contributed by atoms with Crippen molar-refractivity contribution in [2.24, 2.45) is 0 Å². The molecule has 0 saturated heterocycles. The Morgan fingerprint density at radius 1 is 1.25 bits per heavy atom. The monoisotopic (exact) mass is 341 g/mol. The van der Waals surface area contributed by atoms with Gasteiger partial charge in [-0.3, -0.25) is 14.9 Å². The molecule has 0 bridgehead atoms. The highest BCUT2D eigenvalue weighted by Gasteiger charge is 2.11. The van der Waals surface area contributed by atoms with Crippen molar-refractivity contribution in [2.45, 2.75) is 19.8 Å². The number of carbonyl (C=O) groups excluding carboxylic acids is 1. The Morgan fingerprint density at radius 3 is 2.67 bits per heavy atom. The van der Waals surface area contributed by atoms with Crippen LogP contribution in [0, 0.1) is 10.1 Å². The van der Waals surface area contributed by atoms with Gasteiger partial charge in [0.2, 0.25) is 0 Å². The third-order valence-electron chi connectivity index (χ3n) is 3.49. The maximum atomic E-state index is 12.2. The molecule has 0 saturated carbocycles. The summed E-state index contributed by atoms with van der Waals surface area (Å²) in [4.78, 5) is 26.9. The van der Waals surface area contributed by atoms with Crippen LogP contribution in [0.1, 0.15) is 28.7 Å². The maximum Gasteiger partial charge on any atom is 0.269 e. The van der Waals surface area contributed by atoms with Gasteiger partial charge in [-0.1, -0.05) is 6.92 Å². The van der Waals surface area contributed by atoms with E-state index < -0.39 is 4.92 Å². The van der Waals surface area contributed by atoms with Gasteiger partial charge < -0.3 is 5.32 Å². The number of thiazole rings is 1. The number of nitrogens with one attached hydrogen (secondary N) is 1. The number of nitro benzene ring substituents is 1. The van der Waals surface area contributed by atoms with E-state index >= 15 is 0 Å². The van der Waals surface area contributed by atoms with Crippen LogP contribution in [0.15, 0.2) is 42.5 Å². The summed E-state index contributed by atoms with van der Waals surface area (Å²) in [6, 6.07) is 11.1. The molecule has 6 nitrogen and oxygen atoms in total. The van der Waals surface area contributed by atoms with Crippen molar-refractivity contribution in [2.75, 3.05) is 5.32 Å². The molecule has 2 aromatic carbocycles. The van der Waals surface area contributed by atoms with Gasteiger partial charge in [0, 0.05) is 23.4 Å². The minimum atomic E-state index is -0.493. The van der Waals surface area contributed by atoms with Gasteiger partial charge in [-0.15, -0.1) is 11.3 Å². The Bertz CT molecular complexity index is 903. The maximum absolute atomic E-state index is 12.2. The number of rotatable bonds is 5. The average molecular weight is 341 g/mol. The normalized spacial score (nSPS) is 10.7. The molecule has 1 aromatic heterocycles. The van der Waals surface area contributed by atoms with E-state index in [0.717, 1.165) is 28.1 Å². The number of hydrogen-bond acceptors (Lipinski definition) is 5. The number of aryl methyl sites for hydroxylation is 1. The summed E-state index contributed by atoms with van der Waals surface area (Å²) >= 11 is 1.63. The predicted octanol–water partition coefficient (Wildman–Crippen LogP) is 4.41.